The molecule has 0 bridgehead atoms. The number of H-pyrrole nitrogens is 1. The number of methoxy groups -OCH3 is 1. The zero-order valence-corrected chi connectivity index (χ0v) is 17.3. The van der Waals surface area contributed by atoms with Crippen LogP contribution in [-0.4, -0.2) is 33.1 Å². The van der Waals surface area contributed by atoms with Crippen LogP contribution in [0.5, 0.6) is 5.75 Å². The third kappa shape index (κ3) is 3.33. The van der Waals surface area contributed by atoms with E-state index in [0.29, 0.717) is 6.54 Å². The summed E-state index contributed by atoms with van der Waals surface area (Å²) >= 11 is 0. The lowest BCUT2D eigenvalue weighted by atomic mass is 9.95. The fraction of sp³-hybridized carbons (Fsp3) is 0.455. The molecule has 0 fully saturated rings. The Kier molecular flexibility index (Phi) is 4.54. The van der Waals surface area contributed by atoms with Gasteiger partial charge >= 0.3 is 0 Å². The van der Waals surface area contributed by atoms with Gasteiger partial charge in [-0.2, -0.15) is 0 Å². The number of nitrogens with zero attached hydrogens (tertiary/aromatic N) is 3. The summed E-state index contributed by atoms with van der Waals surface area (Å²) in [6.45, 7) is 8.53. The molecule has 1 aliphatic rings. The Morgan fingerprint density at radius 3 is 2.79 bits per heavy atom. The number of nitrogens with one attached hydrogen (secondary N) is 1. The number of ether oxygens (including phenoxy) is 1. The molecule has 0 radical (unpaired) electrons. The highest BCUT2D eigenvalue weighted by Gasteiger charge is 2.25. The highest BCUT2D eigenvalue weighted by Crippen LogP contribution is 2.28. The maximum absolute atomic E-state index is 12.7. The van der Waals surface area contributed by atoms with Gasteiger partial charge in [-0.1, -0.05) is 20.8 Å². The molecule has 0 amide bonds. The Morgan fingerprint density at radius 1 is 1.29 bits per heavy atom. The molecule has 148 valence electrons. The number of rotatable bonds is 3. The van der Waals surface area contributed by atoms with Crippen molar-refractivity contribution in [2.45, 2.75) is 45.7 Å². The van der Waals surface area contributed by atoms with Gasteiger partial charge in [-0.15, -0.1) is 0 Å². The Hall–Kier alpha value is -2.60. The van der Waals surface area contributed by atoms with E-state index in [-0.39, 0.29) is 11.0 Å². The van der Waals surface area contributed by atoms with Crippen molar-refractivity contribution in [3.8, 4) is 5.75 Å². The lowest BCUT2D eigenvalue weighted by Crippen LogP contribution is -2.37. The quantitative estimate of drug-likeness (QED) is 0.758. The molecular formula is C22H28N4O2. The normalized spacial score (nSPS) is 15.0. The molecule has 0 atom stereocenters. The van der Waals surface area contributed by atoms with Crippen LogP contribution in [0, 0.1) is 0 Å². The van der Waals surface area contributed by atoms with Gasteiger partial charge in [0, 0.05) is 55.6 Å². The van der Waals surface area contributed by atoms with Crippen molar-refractivity contribution >= 4 is 10.9 Å². The molecule has 0 aliphatic carbocycles. The molecule has 1 N–H and O–H groups in total. The van der Waals surface area contributed by atoms with Gasteiger partial charge in [0.2, 0.25) is 0 Å². The van der Waals surface area contributed by atoms with Gasteiger partial charge in [0.05, 0.1) is 18.4 Å². The average molecular weight is 380 g/mol. The van der Waals surface area contributed by atoms with E-state index in [4.69, 9.17) is 9.72 Å². The lowest BCUT2D eigenvalue weighted by molar-refractivity contribution is 0.241. The van der Waals surface area contributed by atoms with Gasteiger partial charge in [-0.05, 0) is 23.8 Å². The highest BCUT2D eigenvalue weighted by molar-refractivity contribution is 5.85. The largest absolute Gasteiger partial charge is 0.497 e. The predicted molar refractivity (Wildman–Crippen MR) is 111 cm³/mol. The first kappa shape index (κ1) is 18.7. The summed E-state index contributed by atoms with van der Waals surface area (Å²) in [6.07, 6.45) is 2.97. The Balaban J connectivity index is 1.62. The maximum atomic E-state index is 12.7. The Bertz CT molecular complexity index is 1090. The summed E-state index contributed by atoms with van der Waals surface area (Å²) < 4.78 is 7.55. The fourth-order valence-corrected chi connectivity index (χ4v) is 3.92. The summed E-state index contributed by atoms with van der Waals surface area (Å²) in [6, 6.07) is 6.17. The third-order valence-electron chi connectivity index (χ3n) is 5.53. The molecule has 3 aromatic rings. The molecule has 6 heteroatoms. The van der Waals surface area contributed by atoms with Crippen LogP contribution < -0.4 is 10.3 Å². The van der Waals surface area contributed by atoms with Crippen LogP contribution in [0.15, 0.2) is 29.2 Å². The van der Waals surface area contributed by atoms with Gasteiger partial charge in [0.15, 0.2) is 0 Å². The molecule has 28 heavy (non-hydrogen) atoms. The average Bonchev–Trinajstić information content (AvgIpc) is 2.96. The van der Waals surface area contributed by atoms with E-state index in [1.807, 2.05) is 6.07 Å². The van der Waals surface area contributed by atoms with Crippen molar-refractivity contribution in [3.05, 3.63) is 57.4 Å². The van der Waals surface area contributed by atoms with Gasteiger partial charge in [0.25, 0.3) is 5.56 Å². The number of hydrogen-bond acceptors (Lipinski definition) is 4. The second-order valence-corrected chi connectivity index (χ2v) is 8.70. The molecule has 0 unspecified atom stereocenters. The minimum absolute atomic E-state index is 0.000728. The van der Waals surface area contributed by atoms with E-state index in [1.54, 1.807) is 7.11 Å². The monoisotopic (exact) mass is 380 g/mol. The fourth-order valence-electron chi connectivity index (χ4n) is 3.92. The molecule has 4 rings (SSSR count). The van der Waals surface area contributed by atoms with Gasteiger partial charge in [-0.25, -0.2) is 4.98 Å². The number of benzene rings is 1. The molecule has 6 nitrogen and oxygen atoms in total. The number of fused-ring (bicyclic) bond motifs is 2. The number of aromatic amines is 1. The van der Waals surface area contributed by atoms with Crippen molar-refractivity contribution < 1.29 is 4.74 Å². The minimum Gasteiger partial charge on any atom is -0.497 e. The second kappa shape index (κ2) is 6.78. The molecule has 3 heterocycles. The first-order valence-electron chi connectivity index (χ1n) is 9.73. The van der Waals surface area contributed by atoms with Crippen LogP contribution in [0.4, 0.5) is 0 Å². The molecule has 0 saturated carbocycles. The van der Waals surface area contributed by atoms with Gasteiger partial charge < -0.3 is 14.3 Å². The number of aromatic nitrogens is 3. The zero-order chi connectivity index (χ0) is 20.1. The van der Waals surface area contributed by atoms with Crippen LogP contribution in [0.25, 0.3) is 10.9 Å². The van der Waals surface area contributed by atoms with Crippen LogP contribution in [0.3, 0.4) is 0 Å². The summed E-state index contributed by atoms with van der Waals surface area (Å²) in [5.41, 5.74) is 4.02. The van der Waals surface area contributed by atoms with Gasteiger partial charge in [-0.3, -0.25) is 9.69 Å². The summed E-state index contributed by atoms with van der Waals surface area (Å²) in [5, 5.41) is 1.20. The molecular weight excluding hydrogens is 352 g/mol. The van der Waals surface area contributed by atoms with Crippen molar-refractivity contribution in [2.24, 2.45) is 7.05 Å². The van der Waals surface area contributed by atoms with E-state index in [0.717, 1.165) is 42.3 Å². The zero-order valence-electron chi connectivity index (χ0n) is 17.3. The molecule has 1 aromatic carbocycles. The Labute approximate surface area is 165 Å². The lowest BCUT2D eigenvalue weighted by Gasteiger charge is -2.28. The van der Waals surface area contributed by atoms with Gasteiger partial charge in [0.1, 0.15) is 11.6 Å². The predicted octanol–water partition coefficient (Wildman–Crippen LogP) is 3.13. The molecule has 2 aromatic heterocycles. The first-order valence-corrected chi connectivity index (χ1v) is 9.73. The molecule has 0 saturated heterocycles. The Morgan fingerprint density at radius 2 is 2.07 bits per heavy atom. The SMILES string of the molecule is COc1ccc2c(c1)c(CN1CCc3nc(C(C)(C)C)[nH]c(=O)c3C1)cn2C. The number of aryl methyl sites for hydroxylation is 1. The first-order chi connectivity index (χ1) is 13.3. The van der Waals surface area contributed by atoms with Crippen molar-refractivity contribution in [2.75, 3.05) is 13.7 Å². The summed E-state index contributed by atoms with van der Waals surface area (Å²) in [4.78, 5) is 22.8. The van der Waals surface area contributed by atoms with E-state index in [2.05, 4.69) is 60.6 Å². The van der Waals surface area contributed by atoms with E-state index >= 15 is 0 Å². The third-order valence-corrected chi connectivity index (χ3v) is 5.53. The van der Waals surface area contributed by atoms with Crippen molar-refractivity contribution in [1.29, 1.82) is 0 Å². The topological polar surface area (TPSA) is 63.1 Å². The molecule has 0 spiro atoms. The standard InChI is InChI=1S/C22H28N4O2/c1-22(2,3)21-23-18-8-9-26(13-17(18)20(27)24-21)12-14-11-25(4)19-7-6-15(28-5)10-16(14)19/h6-7,10-11H,8-9,12-13H2,1-5H3,(H,23,24,27). The van der Waals surface area contributed by atoms with Crippen LogP contribution in [0.1, 0.15) is 43.4 Å². The summed E-state index contributed by atoms with van der Waals surface area (Å²) in [7, 11) is 3.75. The maximum Gasteiger partial charge on any atom is 0.255 e. The van der Waals surface area contributed by atoms with Crippen LogP contribution in [-0.2, 0) is 32.0 Å². The number of hydrogen-bond donors (Lipinski definition) is 1. The van der Waals surface area contributed by atoms with Crippen molar-refractivity contribution in [3.63, 3.8) is 0 Å². The van der Waals surface area contributed by atoms with E-state index in [1.165, 1.54) is 16.5 Å². The minimum atomic E-state index is -0.159. The second-order valence-electron chi connectivity index (χ2n) is 8.70. The smallest absolute Gasteiger partial charge is 0.255 e. The van der Waals surface area contributed by atoms with Crippen LogP contribution >= 0.6 is 0 Å². The summed E-state index contributed by atoms with van der Waals surface area (Å²) in [5.74, 6) is 1.63. The molecule has 1 aliphatic heterocycles. The van der Waals surface area contributed by atoms with E-state index < -0.39 is 0 Å². The van der Waals surface area contributed by atoms with Crippen molar-refractivity contribution in [1.82, 2.24) is 19.4 Å². The van der Waals surface area contributed by atoms with Crippen LogP contribution in [0.2, 0.25) is 0 Å². The highest BCUT2D eigenvalue weighted by atomic mass is 16.5. The van der Waals surface area contributed by atoms with E-state index in [9.17, 15) is 4.79 Å².